The molecule has 3 aromatic rings. The van der Waals surface area contributed by atoms with Gasteiger partial charge in [0.2, 0.25) is 0 Å². The molecule has 0 saturated carbocycles. The summed E-state index contributed by atoms with van der Waals surface area (Å²) < 4.78 is 0. The molecule has 1 unspecified atom stereocenters. The van der Waals surface area contributed by atoms with Crippen LogP contribution in [0.3, 0.4) is 0 Å². The first-order valence-electron chi connectivity index (χ1n) is 9.69. The minimum atomic E-state index is -0.200. The van der Waals surface area contributed by atoms with Crippen LogP contribution in [0.4, 0.5) is 16.2 Å². The number of benzene rings is 2. The molecule has 7 heteroatoms. The van der Waals surface area contributed by atoms with E-state index in [-0.39, 0.29) is 6.03 Å². The summed E-state index contributed by atoms with van der Waals surface area (Å²) in [5.74, 6) is 0. The number of aromatic amines is 1. The molecule has 0 bridgehead atoms. The van der Waals surface area contributed by atoms with Crippen LogP contribution in [-0.4, -0.2) is 47.3 Å². The van der Waals surface area contributed by atoms with Crippen molar-refractivity contribution in [2.24, 2.45) is 0 Å². The maximum absolute atomic E-state index is 11.5. The Balaban J connectivity index is 1.37. The highest BCUT2D eigenvalue weighted by Gasteiger charge is 2.20. The molecule has 1 aliphatic heterocycles. The molecule has 7 nitrogen and oxygen atoms in total. The minimum Gasteiger partial charge on any atom is -0.381 e. The number of hydrogen-bond acceptors (Lipinski definition) is 4. The van der Waals surface area contributed by atoms with Gasteiger partial charge in [0.05, 0.1) is 11.7 Å². The Morgan fingerprint density at radius 1 is 1.25 bits per heavy atom. The molecule has 4 rings (SSSR count). The fraction of sp³-hybridized carbons (Fsp3) is 0.333. The van der Waals surface area contributed by atoms with Gasteiger partial charge in [-0.3, -0.25) is 10.00 Å². The van der Waals surface area contributed by atoms with Crippen LogP contribution in [0.2, 0.25) is 0 Å². The van der Waals surface area contributed by atoms with Crippen LogP contribution in [-0.2, 0) is 6.54 Å². The fourth-order valence-corrected chi connectivity index (χ4v) is 3.78. The third-order valence-corrected chi connectivity index (χ3v) is 5.13. The van der Waals surface area contributed by atoms with Gasteiger partial charge in [-0.1, -0.05) is 12.1 Å². The molecule has 1 atom stereocenters. The average molecular weight is 378 g/mol. The van der Waals surface area contributed by atoms with Crippen LogP contribution in [0.1, 0.15) is 18.4 Å². The molecule has 146 valence electrons. The largest absolute Gasteiger partial charge is 0.381 e. The molecule has 2 aromatic carbocycles. The lowest BCUT2D eigenvalue weighted by atomic mass is 10.0. The highest BCUT2D eigenvalue weighted by Crippen LogP contribution is 2.22. The van der Waals surface area contributed by atoms with Gasteiger partial charge in [-0.25, -0.2) is 4.79 Å². The number of carbonyl (C=O) groups is 1. The predicted molar refractivity (Wildman–Crippen MR) is 113 cm³/mol. The van der Waals surface area contributed by atoms with Gasteiger partial charge in [-0.15, -0.1) is 0 Å². The molecule has 2 amide bonds. The first kappa shape index (κ1) is 18.3. The Morgan fingerprint density at radius 2 is 2.18 bits per heavy atom. The number of likely N-dealkylation sites (tertiary alicyclic amines) is 1. The first-order valence-corrected chi connectivity index (χ1v) is 9.69. The van der Waals surface area contributed by atoms with E-state index in [1.807, 2.05) is 24.4 Å². The SMILES string of the molecule is CNC(=O)Nc1cccc(CN2CCCC(Nc3ccc4[nH]ncc4c3)C2)c1. The standard InChI is InChI=1S/C21H26N6O/c1-22-21(28)25-17-5-2-4-15(10-17)13-27-9-3-6-19(14-27)24-18-7-8-20-16(11-18)12-23-26-20/h2,4-5,7-8,10-12,19,24H,3,6,9,13-14H2,1H3,(H,23,26)(H2,22,25,28). The molecule has 1 aliphatic rings. The van der Waals surface area contributed by atoms with E-state index in [4.69, 9.17) is 0 Å². The third kappa shape index (κ3) is 4.43. The van der Waals surface area contributed by atoms with Gasteiger partial charge in [-0.05, 0) is 55.3 Å². The summed E-state index contributed by atoms with van der Waals surface area (Å²) in [5, 5.41) is 17.3. The Hall–Kier alpha value is -3.06. The lowest BCUT2D eigenvalue weighted by Gasteiger charge is -2.33. The Kier molecular flexibility index (Phi) is 5.43. The predicted octanol–water partition coefficient (Wildman–Crippen LogP) is 3.39. The van der Waals surface area contributed by atoms with E-state index in [1.54, 1.807) is 7.05 Å². The summed E-state index contributed by atoms with van der Waals surface area (Å²) in [6.45, 7) is 2.96. The molecular weight excluding hydrogens is 352 g/mol. The fourth-order valence-electron chi connectivity index (χ4n) is 3.78. The number of H-pyrrole nitrogens is 1. The molecule has 0 radical (unpaired) electrons. The number of anilines is 2. The number of nitrogens with zero attached hydrogens (tertiary/aromatic N) is 2. The van der Waals surface area contributed by atoms with E-state index in [9.17, 15) is 4.79 Å². The molecule has 4 N–H and O–H groups in total. The quantitative estimate of drug-likeness (QED) is 0.548. The third-order valence-electron chi connectivity index (χ3n) is 5.13. The summed E-state index contributed by atoms with van der Waals surface area (Å²) in [7, 11) is 1.62. The van der Waals surface area contributed by atoms with E-state index >= 15 is 0 Å². The first-order chi connectivity index (χ1) is 13.7. The number of carbonyl (C=O) groups excluding carboxylic acids is 1. The van der Waals surface area contributed by atoms with E-state index < -0.39 is 0 Å². The van der Waals surface area contributed by atoms with Crippen molar-refractivity contribution in [1.82, 2.24) is 20.4 Å². The van der Waals surface area contributed by atoms with Crippen LogP contribution in [0.25, 0.3) is 10.9 Å². The van der Waals surface area contributed by atoms with Crippen LogP contribution in [0, 0.1) is 0 Å². The van der Waals surface area contributed by atoms with E-state index in [2.05, 4.69) is 55.3 Å². The van der Waals surface area contributed by atoms with Crippen LogP contribution >= 0.6 is 0 Å². The highest BCUT2D eigenvalue weighted by atomic mass is 16.2. The van der Waals surface area contributed by atoms with Gasteiger partial charge in [-0.2, -0.15) is 5.10 Å². The monoisotopic (exact) mass is 378 g/mol. The number of fused-ring (bicyclic) bond motifs is 1. The summed E-state index contributed by atoms with van der Waals surface area (Å²) in [4.78, 5) is 14.0. The number of piperidine rings is 1. The number of aromatic nitrogens is 2. The highest BCUT2D eigenvalue weighted by molar-refractivity contribution is 5.89. The number of hydrogen-bond donors (Lipinski definition) is 4. The zero-order chi connectivity index (χ0) is 19.3. The topological polar surface area (TPSA) is 85.1 Å². The lowest BCUT2D eigenvalue weighted by Crippen LogP contribution is -2.41. The number of rotatable bonds is 5. The summed E-state index contributed by atoms with van der Waals surface area (Å²) in [6, 6.07) is 14.6. The van der Waals surface area contributed by atoms with Crippen molar-refractivity contribution < 1.29 is 4.79 Å². The molecule has 1 fully saturated rings. The molecule has 2 heterocycles. The van der Waals surface area contributed by atoms with Crippen molar-refractivity contribution in [3.63, 3.8) is 0 Å². The van der Waals surface area contributed by atoms with Gasteiger partial charge in [0.1, 0.15) is 0 Å². The number of amides is 2. The van der Waals surface area contributed by atoms with E-state index in [0.717, 1.165) is 48.3 Å². The number of urea groups is 1. The summed E-state index contributed by atoms with van der Waals surface area (Å²) >= 11 is 0. The molecule has 0 spiro atoms. The van der Waals surface area contributed by atoms with Crippen molar-refractivity contribution in [3.8, 4) is 0 Å². The van der Waals surface area contributed by atoms with Gasteiger partial charge in [0.15, 0.2) is 0 Å². The van der Waals surface area contributed by atoms with Gasteiger partial charge < -0.3 is 16.0 Å². The second kappa shape index (κ2) is 8.31. The number of nitrogens with one attached hydrogen (secondary N) is 4. The van der Waals surface area contributed by atoms with Crippen LogP contribution in [0.15, 0.2) is 48.7 Å². The van der Waals surface area contributed by atoms with Gasteiger partial charge >= 0.3 is 6.03 Å². The molecular formula is C21H26N6O. The van der Waals surface area contributed by atoms with Crippen LogP contribution < -0.4 is 16.0 Å². The smallest absolute Gasteiger partial charge is 0.318 e. The Labute approximate surface area is 164 Å². The van der Waals surface area contributed by atoms with Crippen molar-refractivity contribution in [2.45, 2.75) is 25.4 Å². The van der Waals surface area contributed by atoms with Crippen molar-refractivity contribution in [1.29, 1.82) is 0 Å². The van der Waals surface area contributed by atoms with Crippen molar-refractivity contribution in [2.75, 3.05) is 30.8 Å². The second-order valence-electron chi connectivity index (χ2n) is 7.30. The van der Waals surface area contributed by atoms with E-state index in [1.165, 1.54) is 12.0 Å². The second-order valence-corrected chi connectivity index (χ2v) is 7.30. The zero-order valence-electron chi connectivity index (χ0n) is 16.0. The normalized spacial score (nSPS) is 17.4. The van der Waals surface area contributed by atoms with Crippen molar-refractivity contribution in [3.05, 3.63) is 54.2 Å². The lowest BCUT2D eigenvalue weighted by molar-refractivity contribution is 0.208. The summed E-state index contributed by atoms with van der Waals surface area (Å²) in [6.07, 6.45) is 4.19. The maximum Gasteiger partial charge on any atom is 0.318 e. The molecule has 28 heavy (non-hydrogen) atoms. The zero-order valence-corrected chi connectivity index (χ0v) is 16.0. The Bertz CT molecular complexity index is 953. The van der Waals surface area contributed by atoms with Gasteiger partial charge in [0.25, 0.3) is 0 Å². The van der Waals surface area contributed by atoms with Gasteiger partial charge in [0, 0.05) is 42.9 Å². The summed E-state index contributed by atoms with van der Waals surface area (Å²) in [5.41, 5.74) is 4.21. The Morgan fingerprint density at radius 3 is 3.07 bits per heavy atom. The van der Waals surface area contributed by atoms with Crippen molar-refractivity contribution >= 4 is 28.3 Å². The maximum atomic E-state index is 11.5. The molecule has 1 aromatic heterocycles. The van der Waals surface area contributed by atoms with Crippen LogP contribution in [0.5, 0.6) is 0 Å². The van der Waals surface area contributed by atoms with E-state index in [0.29, 0.717) is 6.04 Å². The average Bonchev–Trinajstić information content (AvgIpc) is 3.16. The molecule has 0 aliphatic carbocycles. The molecule has 1 saturated heterocycles. The minimum absolute atomic E-state index is 0.200.